The normalized spacial score (nSPS) is 13.3. The lowest BCUT2D eigenvalue weighted by molar-refractivity contribution is 0.360. The minimum absolute atomic E-state index is 0.157. The molecule has 3 nitrogen and oxygen atoms in total. The van der Waals surface area contributed by atoms with E-state index in [1.165, 1.54) is 53.6 Å². The molecule has 0 spiro atoms. The molecule has 0 saturated carbocycles. The minimum Gasteiger partial charge on any atom is -0.449 e. The lowest BCUT2D eigenvalue weighted by Crippen LogP contribution is -2.15. The number of hydrogen-bond donors (Lipinski definition) is 0. The van der Waals surface area contributed by atoms with E-state index in [0.29, 0.717) is 11.5 Å². The van der Waals surface area contributed by atoms with Crippen molar-refractivity contribution in [1.29, 1.82) is 0 Å². The van der Waals surface area contributed by atoms with Gasteiger partial charge < -0.3 is 14.4 Å². The topological polar surface area (TPSA) is 21.7 Å². The third-order valence-corrected chi connectivity index (χ3v) is 12.5. The van der Waals surface area contributed by atoms with Crippen molar-refractivity contribution in [3.63, 3.8) is 0 Å². The van der Waals surface area contributed by atoms with Crippen LogP contribution in [-0.2, 0) is 5.41 Å². The summed E-state index contributed by atoms with van der Waals surface area (Å²) >= 11 is 1.85. The van der Waals surface area contributed by atoms with Crippen LogP contribution in [0.15, 0.2) is 176 Å². The summed E-state index contributed by atoms with van der Waals surface area (Å²) in [5, 5.41) is 2.61. The zero-order chi connectivity index (χ0) is 36.7. The number of fused-ring (bicyclic) bond motifs is 8. The van der Waals surface area contributed by atoms with Crippen molar-refractivity contribution in [3.8, 4) is 56.4 Å². The summed E-state index contributed by atoms with van der Waals surface area (Å²) in [5.74, 6) is 2.83. The molecule has 55 heavy (non-hydrogen) atoms. The zero-order valence-corrected chi connectivity index (χ0v) is 31.2. The maximum Gasteiger partial charge on any atom is 0.194 e. The molecule has 1 aliphatic carbocycles. The van der Waals surface area contributed by atoms with Gasteiger partial charge in [0, 0.05) is 37.0 Å². The van der Waals surface area contributed by atoms with Crippen LogP contribution in [0.5, 0.6) is 23.0 Å². The molecule has 0 bridgehead atoms. The third-order valence-electron chi connectivity index (χ3n) is 11.3. The predicted molar refractivity (Wildman–Crippen MR) is 229 cm³/mol. The molecular formula is C51H35NO2S. The lowest BCUT2D eigenvalue weighted by atomic mass is 9.82. The van der Waals surface area contributed by atoms with Gasteiger partial charge in [-0.2, -0.15) is 0 Å². The number of rotatable bonds is 5. The van der Waals surface area contributed by atoms with E-state index in [-0.39, 0.29) is 5.41 Å². The van der Waals surface area contributed by atoms with Crippen molar-refractivity contribution >= 4 is 48.6 Å². The molecule has 2 heterocycles. The van der Waals surface area contributed by atoms with Gasteiger partial charge >= 0.3 is 0 Å². The smallest absolute Gasteiger partial charge is 0.194 e. The van der Waals surface area contributed by atoms with E-state index >= 15 is 0 Å². The van der Waals surface area contributed by atoms with Crippen molar-refractivity contribution in [3.05, 3.63) is 187 Å². The van der Waals surface area contributed by atoms with Crippen molar-refractivity contribution in [2.24, 2.45) is 0 Å². The van der Waals surface area contributed by atoms with Gasteiger partial charge in [0.25, 0.3) is 0 Å². The number of thiophene rings is 1. The predicted octanol–water partition coefficient (Wildman–Crippen LogP) is 15.1. The van der Waals surface area contributed by atoms with Gasteiger partial charge in [-0.05, 0) is 105 Å². The van der Waals surface area contributed by atoms with Crippen molar-refractivity contribution in [2.75, 3.05) is 4.90 Å². The van der Waals surface area contributed by atoms with Crippen LogP contribution in [0.4, 0.5) is 17.1 Å². The number of hydrogen-bond acceptors (Lipinski definition) is 4. The first-order valence-corrected chi connectivity index (χ1v) is 19.6. The monoisotopic (exact) mass is 725 g/mol. The van der Waals surface area contributed by atoms with Crippen molar-refractivity contribution < 1.29 is 9.47 Å². The zero-order valence-electron chi connectivity index (χ0n) is 30.4. The highest BCUT2D eigenvalue weighted by Crippen LogP contribution is 2.57. The lowest BCUT2D eigenvalue weighted by Gasteiger charge is -2.31. The Balaban J connectivity index is 1.05. The summed E-state index contributed by atoms with van der Waals surface area (Å²) in [7, 11) is 0. The average molecular weight is 726 g/mol. The van der Waals surface area contributed by atoms with Gasteiger partial charge in [-0.15, -0.1) is 11.3 Å². The molecule has 262 valence electrons. The van der Waals surface area contributed by atoms with Crippen molar-refractivity contribution in [1.82, 2.24) is 0 Å². The van der Waals surface area contributed by atoms with E-state index in [1.807, 2.05) is 17.4 Å². The van der Waals surface area contributed by atoms with Crippen LogP contribution in [0.25, 0.3) is 53.6 Å². The minimum atomic E-state index is -0.157. The highest BCUT2D eigenvalue weighted by Gasteiger charge is 2.38. The average Bonchev–Trinajstić information content (AvgIpc) is 3.72. The Morgan fingerprint density at radius 1 is 0.455 bits per heavy atom. The second kappa shape index (κ2) is 12.2. The maximum atomic E-state index is 6.97. The largest absolute Gasteiger partial charge is 0.449 e. The summed E-state index contributed by atoms with van der Waals surface area (Å²) in [6.07, 6.45) is 0. The van der Waals surface area contributed by atoms with Gasteiger partial charge in [-0.1, -0.05) is 129 Å². The molecular weight excluding hydrogens is 691 g/mol. The van der Waals surface area contributed by atoms with Gasteiger partial charge in [0.1, 0.15) is 0 Å². The molecule has 1 aliphatic heterocycles. The van der Waals surface area contributed by atoms with Crippen LogP contribution in [0.3, 0.4) is 0 Å². The fourth-order valence-electron chi connectivity index (χ4n) is 8.65. The Morgan fingerprint density at radius 2 is 1.16 bits per heavy atom. The molecule has 0 amide bonds. The van der Waals surface area contributed by atoms with E-state index in [9.17, 15) is 0 Å². The van der Waals surface area contributed by atoms with Gasteiger partial charge in [-0.25, -0.2) is 0 Å². The fourth-order valence-corrected chi connectivity index (χ4v) is 9.78. The van der Waals surface area contributed by atoms with E-state index < -0.39 is 0 Å². The van der Waals surface area contributed by atoms with E-state index in [4.69, 9.17) is 9.47 Å². The van der Waals surface area contributed by atoms with Gasteiger partial charge in [0.15, 0.2) is 23.0 Å². The van der Waals surface area contributed by atoms with Crippen LogP contribution >= 0.6 is 11.3 Å². The van der Waals surface area contributed by atoms with E-state index in [2.05, 4.69) is 189 Å². The molecule has 4 heteroatoms. The number of nitrogens with zero attached hydrogens (tertiary/aromatic N) is 1. The number of benzene rings is 8. The highest BCUT2D eigenvalue weighted by molar-refractivity contribution is 7.25. The first kappa shape index (κ1) is 31.9. The van der Waals surface area contributed by atoms with Crippen LogP contribution in [0, 0.1) is 0 Å². The van der Waals surface area contributed by atoms with Crippen LogP contribution in [0.1, 0.15) is 25.0 Å². The molecule has 1 aromatic heterocycles. The molecule has 8 aromatic carbocycles. The van der Waals surface area contributed by atoms with Gasteiger partial charge in [0.05, 0.1) is 5.69 Å². The van der Waals surface area contributed by atoms with Crippen LogP contribution < -0.4 is 14.4 Å². The SMILES string of the molecule is CC1(C)c2ccccc2-c2cc3c(cc21)Oc1c(cccc1N(c1ccc(-c2cccc4sc5ccccc5c24)cc1)c1cccc(-c2ccccc2)c1)O3. The number of anilines is 3. The number of ether oxygens (including phenoxy) is 2. The van der Waals surface area contributed by atoms with E-state index in [0.717, 1.165) is 39.7 Å². The molecule has 0 radical (unpaired) electrons. The Hall–Kier alpha value is -6.62. The molecule has 0 fully saturated rings. The van der Waals surface area contributed by atoms with Gasteiger partial charge in [-0.3, -0.25) is 0 Å². The molecule has 0 atom stereocenters. The Morgan fingerprint density at radius 3 is 2.05 bits per heavy atom. The second-order valence-electron chi connectivity index (χ2n) is 14.9. The quantitative estimate of drug-likeness (QED) is 0.176. The highest BCUT2D eigenvalue weighted by atomic mass is 32.1. The molecule has 0 unspecified atom stereocenters. The molecule has 11 rings (SSSR count). The third kappa shape index (κ3) is 5.02. The summed E-state index contributed by atoms with van der Waals surface area (Å²) in [4.78, 5) is 2.29. The standard InChI is InChI=1S/C51H35NO2S/c1-51(2)41-20-8-6-17-38(41)40-30-45-46(31-42(40)51)54-50-43(21-12-22-44(50)53-45)52(36-16-10-15-34(29-36)32-13-4-3-5-14-32)35-27-25-33(26-28-35)37-19-11-24-48-49(37)39-18-7-9-23-47(39)55-48/h3-31H,1-2H3. The molecule has 0 saturated heterocycles. The summed E-state index contributed by atoms with van der Waals surface area (Å²) in [6, 6.07) is 62.8. The molecule has 2 aliphatic rings. The first-order chi connectivity index (χ1) is 27.0. The summed E-state index contributed by atoms with van der Waals surface area (Å²) in [5.41, 5.74) is 12.5. The number of para-hydroxylation sites is 1. The molecule has 0 N–H and O–H groups in total. The summed E-state index contributed by atoms with van der Waals surface area (Å²) < 4.78 is 16.3. The molecule has 9 aromatic rings. The second-order valence-corrected chi connectivity index (χ2v) is 16.0. The maximum absolute atomic E-state index is 6.97. The fraction of sp³-hybridized carbons (Fsp3) is 0.0588. The summed E-state index contributed by atoms with van der Waals surface area (Å²) in [6.45, 7) is 4.58. The Bertz CT molecular complexity index is 2960. The first-order valence-electron chi connectivity index (χ1n) is 18.7. The Labute approximate surface area is 324 Å². The van der Waals surface area contributed by atoms with Crippen molar-refractivity contribution in [2.45, 2.75) is 19.3 Å². The van der Waals surface area contributed by atoms with Gasteiger partial charge in [0.2, 0.25) is 0 Å². The Kier molecular flexibility index (Phi) is 7.07. The van der Waals surface area contributed by atoms with Crippen LogP contribution in [0.2, 0.25) is 0 Å². The van der Waals surface area contributed by atoms with Crippen LogP contribution in [-0.4, -0.2) is 0 Å². The van der Waals surface area contributed by atoms with E-state index in [1.54, 1.807) is 0 Å².